The minimum Gasteiger partial charge on any atom is -0.507 e. The van der Waals surface area contributed by atoms with Crippen LogP contribution in [0.2, 0.25) is 0 Å². The van der Waals surface area contributed by atoms with Gasteiger partial charge >= 0.3 is 0 Å². The van der Waals surface area contributed by atoms with Gasteiger partial charge in [-0.3, -0.25) is 4.79 Å². The Balaban J connectivity index is 2.89. The van der Waals surface area contributed by atoms with Gasteiger partial charge in [0, 0.05) is 10.8 Å². The number of fused-ring (bicyclic) bond motifs is 1. The number of aromatic hydroxyl groups is 2. The van der Waals surface area contributed by atoms with E-state index in [1.54, 1.807) is 31.2 Å². The smallest absolute Gasteiger partial charge is 0.172 e. The standard InChI is InChI=1S/C15H14O4/c1-9(8-16)7-12-13(17)10-5-3-4-6-11(10)14(18)15(12)19-2/h3-8,17-18H,1-2H3/b9-7-. The van der Waals surface area contributed by atoms with Gasteiger partial charge in [-0.15, -0.1) is 0 Å². The van der Waals surface area contributed by atoms with Crippen molar-refractivity contribution in [2.24, 2.45) is 0 Å². The molecule has 0 aromatic heterocycles. The van der Waals surface area contributed by atoms with Crippen LogP contribution in [0.15, 0.2) is 29.8 Å². The van der Waals surface area contributed by atoms with Gasteiger partial charge in [-0.2, -0.15) is 0 Å². The van der Waals surface area contributed by atoms with Crippen molar-refractivity contribution >= 4 is 23.1 Å². The van der Waals surface area contributed by atoms with E-state index in [1.807, 2.05) is 0 Å². The van der Waals surface area contributed by atoms with Crippen LogP contribution in [0.4, 0.5) is 0 Å². The van der Waals surface area contributed by atoms with Crippen LogP contribution >= 0.6 is 0 Å². The first-order chi connectivity index (χ1) is 9.10. The van der Waals surface area contributed by atoms with Crippen molar-refractivity contribution in [1.29, 1.82) is 0 Å². The van der Waals surface area contributed by atoms with Crippen LogP contribution in [0.3, 0.4) is 0 Å². The molecule has 2 aromatic carbocycles. The summed E-state index contributed by atoms with van der Waals surface area (Å²) in [5.41, 5.74) is 0.714. The number of carbonyl (C=O) groups is 1. The number of phenolic OH excluding ortho intramolecular Hbond substituents is 2. The van der Waals surface area contributed by atoms with E-state index in [-0.39, 0.29) is 17.2 Å². The van der Waals surface area contributed by atoms with Crippen molar-refractivity contribution in [1.82, 2.24) is 0 Å². The first kappa shape index (κ1) is 13.0. The van der Waals surface area contributed by atoms with E-state index in [0.717, 1.165) is 0 Å². The molecule has 19 heavy (non-hydrogen) atoms. The zero-order chi connectivity index (χ0) is 14.0. The highest BCUT2D eigenvalue weighted by molar-refractivity contribution is 6.00. The third kappa shape index (κ3) is 2.12. The molecule has 0 heterocycles. The largest absolute Gasteiger partial charge is 0.507 e. The van der Waals surface area contributed by atoms with Crippen molar-refractivity contribution < 1.29 is 19.7 Å². The summed E-state index contributed by atoms with van der Waals surface area (Å²) in [6, 6.07) is 6.89. The van der Waals surface area contributed by atoms with Crippen molar-refractivity contribution in [2.45, 2.75) is 6.92 Å². The lowest BCUT2D eigenvalue weighted by Crippen LogP contribution is -1.92. The lowest BCUT2D eigenvalue weighted by atomic mass is 10.0. The van der Waals surface area contributed by atoms with Crippen LogP contribution in [0.1, 0.15) is 12.5 Å². The zero-order valence-corrected chi connectivity index (χ0v) is 10.7. The molecule has 0 bridgehead atoms. The predicted molar refractivity (Wildman–Crippen MR) is 73.5 cm³/mol. The second kappa shape index (κ2) is 5.02. The van der Waals surface area contributed by atoms with Crippen molar-refractivity contribution in [3.63, 3.8) is 0 Å². The Hall–Kier alpha value is -2.49. The highest BCUT2D eigenvalue weighted by atomic mass is 16.5. The first-order valence-corrected chi connectivity index (χ1v) is 5.74. The average Bonchev–Trinajstić information content (AvgIpc) is 2.44. The summed E-state index contributed by atoms with van der Waals surface area (Å²) in [6.45, 7) is 1.61. The van der Waals surface area contributed by atoms with E-state index in [4.69, 9.17) is 4.74 Å². The van der Waals surface area contributed by atoms with Gasteiger partial charge in [0.05, 0.1) is 12.7 Å². The topological polar surface area (TPSA) is 66.8 Å². The maximum atomic E-state index is 10.7. The maximum Gasteiger partial charge on any atom is 0.172 e. The Morgan fingerprint density at radius 1 is 1.16 bits per heavy atom. The average molecular weight is 258 g/mol. The van der Waals surface area contributed by atoms with Crippen molar-refractivity contribution in [3.05, 3.63) is 35.4 Å². The molecule has 0 spiro atoms. The van der Waals surface area contributed by atoms with Gasteiger partial charge in [-0.05, 0) is 18.6 Å². The Bertz CT molecular complexity index is 671. The number of aldehydes is 1. The minimum atomic E-state index is -0.0548. The molecule has 0 aliphatic heterocycles. The van der Waals surface area contributed by atoms with Crippen LogP contribution < -0.4 is 4.74 Å². The number of hydrogen-bond acceptors (Lipinski definition) is 4. The molecule has 2 rings (SSSR count). The Labute approximate surface area is 110 Å². The monoisotopic (exact) mass is 258 g/mol. The number of allylic oxidation sites excluding steroid dienone is 1. The number of carbonyl (C=O) groups excluding carboxylic acids is 1. The molecule has 0 saturated carbocycles. The number of methoxy groups -OCH3 is 1. The highest BCUT2D eigenvalue weighted by Gasteiger charge is 2.17. The lowest BCUT2D eigenvalue weighted by molar-refractivity contribution is -0.104. The van der Waals surface area contributed by atoms with Crippen molar-refractivity contribution in [3.8, 4) is 17.2 Å². The molecule has 0 atom stereocenters. The van der Waals surface area contributed by atoms with E-state index in [2.05, 4.69) is 0 Å². The maximum absolute atomic E-state index is 10.7. The van der Waals surface area contributed by atoms with Gasteiger partial charge in [0.1, 0.15) is 12.0 Å². The third-order valence-electron chi connectivity index (χ3n) is 2.91. The predicted octanol–water partition coefficient (Wildman–Crippen LogP) is 2.86. The highest BCUT2D eigenvalue weighted by Crippen LogP contribution is 2.45. The fourth-order valence-corrected chi connectivity index (χ4v) is 2.00. The summed E-state index contributed by atoms with van der Waals surface area (Å²) in [7, 11) is 1.40. The molecule has 0 amide bonds. The summed E-state index contributed by atoms with van der Waals surface area (Å²) >= 11 is 0. The van der Waals surface area contributed by atoms with Crippen LogP contribution in [-0.2, 0) is 4.79 Å². The molecule has 2 aromatic rings. The molecular formula is C15H14O4. The molecule has 0 saturated heterocycles. The summed E-state index contributed by atoms with van der Waals surface area (Å²) in [4.78, 5) is 10.7. The third-order valence-corrected chi connectivity index (χ3v) is 2.91. The normalized spacial score (nSPS) is 11.6. The van der Waals surface area contributed by atoms with Crippen LogP contribution in [0.5, 0.6) is 17.2 Å². The summed E-state index contributed by atoms with van der Waals surface area (Å²) in [5, 5.41) is 21.5. The zero-order valence-electron chi connectivity index (χ0n) is 10.7. The summed E-state index contributed by atoms with van der Waals surface area (Å²) in [6.07, 6.45) is 2.15. The van der Waals surface area contributed by atoms with Crippen LogP contribution in [0, 0.1) is 0 Å². The van der Waals surface area contributed by atoms with Gasteiger partial charge in [0.15, 0.2) is 11.5 Å². The van der Waals surface area contributed by atoms with Gasteiger partial charge in [-0.1, -0.05) is 24.3 Å². The number of benzene rings is 2. The van der Waals surface area contributed by atoms with E-state index < -0.39 is 0 Å². The molecule has 0 fully saturated rings. The summed E-state index contributed by atoms with van der Waals surface area (Å²) < 4.78 is 5.14. The Kier molecular flexibility index (Phi) is 3.42. The number of ether oxygens (including phenoxy) is 1. The lowest BCUT2D eigenvalue weighted by Gasteiger charge is -2.13. The van der Waals surface area contributed by atoms with E-state index in [9.17, 15) is 15.0 Å². The quantitative estimate of drug-likeness (QED) is 0.504. The SMILES string of the molecule is COc1c(/C=C(/C)C=O)c(O)c2ccccc2c1O. The van der Waals surface area contributed by atoms with Gasteiger partial charge in [0.25, 0.3) is 0 Å². The van der Waals surface area contributed by atoms with Crippen LogP contribution in [0.25, 0.3) is 16.8 Å². The van der Waals surface area contributed by atoms with E-state index in [1.165, 1.54) is 13.2 Å². The minimum absolute atomic E-state index is 0.0218. The number of rotatable bonds is 3. The van der Waals surface area contributed by atoms with Gasteiger partial charge in [0.2, 0.25) is 0 Å². The first-order valence-electron chi connectivity index (χ1n) is 5.74. The fraction of sp³-hybridized carbons (Fsp3) is 0.133. The molecule has 4 nitrogen and oxygen atoms in total. The van der Waals surface area contributed by atoms with Crippen molar-refractivity contribution in [2.75, 3.05) is 7.11 Å². The second-order valence-electron chi connectivity index (χ2n) is 4.20. The Morgan fingerprint density at radius 2 is 1.74 bits per heavy atom. The number of phenols is 2. The van der Waals surface area contributed by atoms with Gasteiger partial charge < -0.3 is 14.9 Å². The molecule has 98 valence electrons. The molecule has 2 N–H and O–H groups in total. The molecule has 0 aliphatic rings. The van der Waals surface area contributed by atoms with Crippen LogP contribution in [-0.4, -0.2) is 23.6 Å². The second-order valence-corrected chi connectivity index (χ2v) is 4.20. The molecule has 0 radical (unpaired) electrons. The molecule has 0 unspecified atom stereocenters. The fourth-order valence-electron chi connectivity index (χ4n) is 2.00. The molecular weight excluding hydrogens is 244 g/mol. The molecule has 0 aliphatic carbocycles. The van der Waals surface area contributed by atoms with E-state index >= 15 is 0 Å². The van der Waals surface area contributed by atoms with Gasteiger partial charge in [-0.25, -0.2) is 0 Å². The summed E-state index contributed by atoms with van der Waals surface area (Å²) in [5.74, 6) is 0.0738. The number of hydrogen-bond donors (Lipinski definition) is 2. The Morgan fingerprint density at radius 3 is 2.26 bits per heavy atom. The van der Waals surface area contributed by atoms with E-state index in [0.29, 0.717) is 28.2 Å². The molecule has 4 heteroatoms.